The Morgan fingerprint density at radius 1 is 1.15 bits per heavy atom. The van der Waals surface area contributed by atoms with E-state index < -0.39 is 0 Å². The predicted molar refractivity (Wildman–Crippen MR) is 77.0 cm³/mol. The maximum absolute atomic E-state index is 8.61. The second-order valence-electron chi connectivity index (χ2n) is 3.91. The Balaban J connectivity index is 2.20. The van der Waals surface area contributed by atoms with Gasteiger partial charge in [-0.25, -0.2) is 0 Å². The quantitative estimate of drug-likeness (QED) is 0.392. The number of amidine groups is 1. The first-order valence-electron chi connectivity index (χ1n) is 5.73. The highest BCUT2D eigenvalue weighted by Crippen LogP contribution is 2.30. The molecule has 2 rings (SSSR count). The number of hydrogen-bond donors (Lipinski definition) is 2. The van der Waals surface area contributed by atoms with Gasteiger partial charge in [-0.05, 0) is 42.5 Å². The Morgan fingerprint density at radius 3 is 2.35 bits per heavy atom. The van der Waals surface area contributed by atoms with E-state index in [2.05, 4.69) is 5.16 Å². The van der Waals surface area contributed by atoms with E-state index in [1.807, 2.05) is 0 Å². The van der Waals surface area contributed by atoms with E-state index in [4.69, 9.17) is 32.0 Å². The minimum atomic E-state index is -0.0112. The van der Waals surface area contributed by atoms with Crippen LogP contribution in [0.3, 0.4) is 0 Å². The normalized spacial score (nSPS) is 11.2. The Kier molecular flexibility index (Phi) is 4.32. The van der Waals surface area contributed by atoms with Crippen LogP contribution in [0.15, 0.2) is 47.6 Å². The molecule has 0 unspecified atom stereocenters. The molecule has 0 aliphatic carbocycles. The zero-order valence-electron chi connectivity index (χ0n) is 10.7. The molecule has 0 aromatic heterocycles. The molecule has 104 valence electrons. The molecule has 0 bridgehead atoms. The Morgan fingerprint density at radius 2 is 1.80 bits per heavy atom. The smallest absolute Gasteiger partial charge is 0.170 e. The molecule has 0 amide bonds. The van der Waals surface area contributed by atoms with E-state index in [0.717, 1.165) is 5.75 Å². The van der Waals surface area contributed by atoms with Gasteiger partial charge in [0.25, 0.3) is 0 Å². The maximum atomic E-state index is 8.61. The second-order valence-corrected chi connectivity index (χ2v) is 4.32. The highest BCUT2D eigenvalue weighted by Gasteiger charge is 2.07. The summed E-state index contributed by atoms with van der Waals surface area (Å²) >= 11 is 6.10. The average molecular weight is 293 g/mol. The molecular weight excluding hydrogens is 280 g/mol. The molecule has 0 saturated heterocycles. The zero-order valence-corrected chi connectivity index (χ0v) is 11.5. The summed E-state index contributed by atoms with van der Waals surface area (Å²) in [4.78, 5) is 0. The molecule has 0 heterocycles. The summed E-state index contributed by atoms with van der Waals surface area (Å²) in [5, 5.41) is 11.9. The first-order chi connectivity index (χ1) is 9.63. The summed E-state index contributed by atoms with van der Waals surface area (Å²) in [5.41, 5.74) is 6.00. The number of methoxy groups -OCH3 is 1. The van der Waals surface area contributed by atoms with Gasteiger partial charge in [-0.15, -0.1) is 0 Å². The van der Waals surface area contributed by atoms with Crippen molar-refractivity contribution in [1.29, 1.82) is 0 Å². The van der Waals surface area contributed by atoms with Crippen molar-refractivity contribution in [1.82, 2.24) is 0 Å². The van der Waals surface area contributed by atoms with E-state index in [9.17, 15) is 0 Å². The highest BCUT2D eigenvalue weighted by molar-refractivity contribution is 6.32. The van der Waals surface area contributed by atoms with E-state index in [1.165, 1.54) is 0 Å². The molecule has 5 nitrogen and oxygen atoms in total. The van der Waals surface area contributed by atoms with Crippen LogP contribution in [0.4, 0.5) is 0 Å². The largest absolute Gasteiger partial charge is 0.497 e. The molecule has 6 heteroatoms. The lowest BCUT2D eigenvalue weighted by Gasteiger charge is -2.09. The molecule has 0 aliphatic rings. The maximum Gasteiger partial charge on any atom is 0.170 e. The van der Waals surface area contributed by atoms with Gasteiger partial charge in [-0.2, -0.15) is 0 Å². The third-order valence-electron chi connectivity index (χ3n) is 2.62. The van der Waals surface area contributed by atoms with Gasteiger partial charge in [0.05, 0.1) is 12.1 Å². The van der Waals surface area contributed by atoms with E-state index >= 15 is 0 Å². The fraction of sp³-hybridized carbons (Fsp3) is 0.0714. The molecule has 0 aliphatic heterocycles. The van der Waals surface area contributed by atoms with Crippen LogP contribution in [-0.2, 0) is 0 Å². The number of nitrogens with two attached hydrogens (primary N) is 1. The van der Waals surface area contributed by atoms with Crippen molar-refractivity contribution in [2.75, 3.05) is 7.11 Å². The van der Waals surface area contributed by atoms with Gasteiger partial charge in [0, 0.05) is 5.56 Å². The number of rotatable bonds is 4. The minimum absolute atomic E-state index is 0.0112. The summed E-state index contributed by atoms with van der Waals surface area (Å²) in [6.45, 7) is 0. The van der Waals surface area contributed by atoms with Crippen molar-refractivity contribution < 1.29 is 14.7 Å². The molecule has 0 spiro atoms. The monoisotopic (exact) mass is 292 g/mol. The Labute approximate surface area is 121 Å². The molecular formula is C14H13ClN2O3. The van der Waals surface area contributed by atoms with Crippen LogP contribution in [-0.4, -0.2) is 18.2 Å². The van der Waals surface area contributed by atoms with Gasteiger partial charge in [-0.1, -0.05) is 16.8 Å². The summed E-state index contributed by atoms with van der Waals surface area (Å²) in [6, 6.07) is 12.0. The minimum Gasteiger partial charge on any atom is -0.497 e. The molecule has 0 radical (unpaired) electrons. The lowest BCUT2D eigenvalue weighted by atomic mass is 10.2. The van der Waals surface area contributed by atoms with Gasteiger partial charge in [-0.3, -0.25) is 0 Å². The molecule has 0 saturated carbocycles. The van der Waals surface area contributed by atoms with Crippen LogP contribution >= 0.6 is 11.6 Å². The lowest BCUT2D eigenvalue weighted by molar-refractivity contribution is 0.318. The van der Waals surface area contributed by atoms with Crippen molar-refractivity contribution in [3.63, 3.8) is 0 Å². The Hall–Kier alpha value is -2.40. The summed E-state index contributed by atoms with van der Waals surface area (Å²) in [5.74, 6) is 1.84. The van der Waals surface area contributed by atoms with Gasteiger partial charge >= 0.3 is 0 Å². The third kappa shape index (κ3) is 3.13. The summed E-state index contributed by atoms with van der Waals surface area (Å²) < 4.78 is 10.7. The summed E-state index contributed by atoms with van der Waals surface area (Å²) in [7, 11) is 1.60. The number of nitrogens with zero attached hydrogens (tertiary/aromatic N) is 1. The SMILES string of the molecule is COc1ccc(Oc2ccc(C(N)=NO)cc2Cl)cc1. The molecule has 0 fully saturated rings. The zero-order chi connectivity index (χ0) is 14.5. The highest BCUT2D eigenvalue weighted by atomic mass is 35.5. The molecule has 2 aromatic rings. The van der Waals surface area contributed by atoms with Crippen LogP contribution < -0.4 is 15.2 Å². The third-order valence-corrected chi connectivity index (χ3v) is 2.92. The number of hydrogen-bond acceptors (Lipinski definition) is 4. The fourth-order valence-electron chi connectivity index (χ4n) is 1.57. The first kappa shape index (κ1) is 14.0. The lowest BCUT2D eigenvalue weighted by Crippen LogP contribution is -2.12. The van der Waals surface area contributed by atoms with E-state index in [0.29, 0.717) is 22.1 Å². The number of benzene rings is 2. The van der Waals surface area contributed by atoms with Crippen molar-refractivity contribution in [3.8, 4) is 17.2 Å². The van der Waals surface area contributed by atoms with Crippen LogP contribution in [0.25, 0.3) is 0 Å². The van der Waals surface area contributed by atoms with Crippen molar-refractivity contribution in [2.24, 2.45) is 10.9 Å². The van der Waals surface area contributed by atoms with Crippen molar-refractivity contribution >= 4 is 17.4 Å². The van der Waals surface area contributed by atoms with Crippen molar-refractivity contribution in [2.45, 2.75) is 0 Å². The molecule has 3 N–H and O–H groups in total. The molecule has 0 atom stereocenters. The topological polar surface area (TPSA) is 77.1 Å². The van der Waals surface area contributed by atoms with Crippen LogP contribution in [0.2, 0.25) is 5.02 Å². The predicted octanol–water partition coefficient (Wildman–Crippen LogP) is 3.24. The number of halogens is 1. The number of ether oxygens (including phenoxy) is 2. The standard InChI is InChI=1S/C14H13ClN2O3/c1-19-10-3-5-11(6-4-10)20-13-7-2-9(8-12(13)15)14(16)17-18/h2-8,18H,1H3,(H2,16,17). The Bertz CT molecular complexity index is 627. The van der Waals surface area contributed by atoms with E-state index in [-0.39, 0.29) is 5.84 Å². The number of oxime groups is 1. The first-order valence-corrected chi connectivity index (χ1v) is 6.11. The van der Waals surface area contributed by atoms with E-state index in [1.54, 1.807) is 49.6 Å². The van der Waals surface area contributed by atoms with Gasteiger partial charge in [0.2, 0.25) is 0 Å². The van der Waals surface area contributed by atoms with Gasteiger partial charge < -0.3 is 20.4 Å². The van der Waals surface area contributed by atoms with Crippen LogP contribution in [0, 0.1) is 0 Å². The van der Waals surface area contributed by atoms with Crippen LogP contribution in [0.5, 0.6) is 17.2 Å². The molecule has 2 aromatic carbocycles. The van der Waals surface area contributed by atoms with Crippen molar-refractivity contribution in [3.05, 3.63) is 53.1 Å². The summed E-state index contributed by atoms with van der Waals surface area (Å²) in [6.07, 6.45) is 0. The van der Waals surface area contributed by atoms with Gasteiger partial charge in [0.1, 0.15) is 17.2 Å². The average Bonchev–Trinajstić information content (AvgIpc) is 2.49. The van der Waals surface area contributed by atoms with Crippen LogP contribution in [0.1, 0.15) is 5.56 Å². The second kappa shape index (κ2) is 6.16. The van der Waals surface area contributed by atoms with Gasteiger partial charge in [0.15, 0.2) is 5.84 Å². The fourth-order valence-corrected chi connectivity index (χ4v) is 1.79. The molecule has 20 heavy (non-hydrogen) atoms.